The highest BCUT2D eigenvalue weighted by Gasteiger charge is 1.99. The minimum absolute atomic E-state index is 0.769. The number of aryl methyl sites for hydroxylation is 2. The lowest BCUT2D eigenvalue weighted by Crippen LogP contribution is -2.01. The number of hydrogen-bond donors (Lipinski definition) is 1. The molecular formula is C14H15ClN2. The Morgan fingerprint density at radius 2 is 2.00 bits per heavy atom. The van der Waals surface area contributed by atoms with E-state index in [1.54, 1.807) is 0 Å². The predicted octanol–water partition coefficient (Wildman–Crippen LogP) is 3.96. The predicted molar refractivity (Wildman–Crippen MR) is 72.5 cm³/mol. The first kappa shape index (κ1) is 11.9. The van der Waals surface area contributed by atoms with Crippen LogP contribution < -0.4 is 5.32 Å². The Balaban J connectivity index is 2.04. The molecule has 0 fully saturated rings. The van der Waals surface area contributed by atoms with Gasteiger partial charge < -0.3 is 5.32 Å². The van der Waals surface area contributed by atoms with Crippen molar-refractivity contribution in [3.63, 3.8) is 0 Å². The van der Waals surface area contributed by atoms with E-state index in [-0.39, 0.29) is 0 Å². The molecule has 0 aliphatic heterocycles. The van der Waals surface area contributed by atoms with Gasteiger partial charge in [0.1, 0.15) is 0 Å². The maximum atomic E-state index is 5.91. The normalized spacial score (nSPS) is 10.3. The molecule has 2 aromatic rings. The Kier molecular flexibility index (Phi) is 3.64. The SMILES string of the molecule is Cc1ccc(CNc2ccc(Cl)cc2C)cn1. The third kappa shape index (κ3) is 3.21. The van der Waals surface area contributed by atoms with Crippen LogP contribution in [0.3, 0.4) is 0 Å². The monoisotopic (exact) mass is 246 g/mol. The Bertz CT molecular complexity index is 506. The summed E-state index contributed by atoms with van der Waals surface area (Å²) in [4.78, 5) is 4.27. The average Bonchev–Trinajstić information content (AvgIpc) is 2.30. The zero-order chi connectivity index (χ0) is 12.3. The number of hydrogen-bond acceptors (Lipinski definition) is 2. The number of pyridine rings is 1. The third-order valence-electron chi connectivity index (χ3n) is 2.64. The zero-order valence-electron chi connectivity index (χ0n) is 10.00. The molecule has 88 valence electrons. The van der Waals surface area contributed by atoms with Crippen LogP contribution in [-0.4, -0.2) is 4.98 Å². The first-order chi connectivity index (χ1) is 8.15. The summed E-state index contributed by atoms with van der Waals surface area (Å²) in [6.45, 7) is 4.80. The van der Waals surface area contributed by atoms with Crippen molar-refractivity contribution < 1.29 is 0 Å². The minimum atomic E-state index is 0.769. The van der Waals surface area contributed by atoms with Gasteiger partial charge in [-0.25, -0.2) is 0 Å². The van der Waals surface area contributed by atoms with Crippen molar-refractivity contribution in [2.24, 2.45) is 0 Å². The van der Waals surface area contributed by atoms with Crippen molar-refractivity contribution in [2.75, 3.05) is 5.32 Å². The van der Waals surface area contributed by atoms with Crippen LogP contribution in [0.2, 0.25) is 5.02 Å². The summed E-state index contributed by atoms with van der Waals surface area (Å²) in [5, 5.41) is 4.15. The van der Waals surface area contributed by atoms with Crippen LogP contribution in [-0.2, 0) is 6.54 Å². The molecule has 0 spiro atoms. The average molecular weight is 247 g/mol. The van der Waals surface area contributed by atoms with Gasteiger partial charge in [-0.1, -0.05) is 17.7 Å². The lowest BCUT2D eigenvalue weighted by atomic mass is 10.2. The van der Waals surface area contributed by atoms with Gasteiger partial charge in [-0.05, 0) is 49.2 Å². The fourth-order valence-electron chi connectivity index (χ4n) is 1.63. The lowest BCUT2D eigenvalue weighted by molar-refractivity contribution is 1.08. The van der Waals surface area contributed by atoms with Crippen molar-refractivity contribution in [3.05, 3.63) is 58.4 Å². The molecule has 1 aromatic carbocycles. The zero-order valence-corrected chi connectivity index (χ0v) is 10.8. The van der Waals surface area contributed by atoms with E-state index in [4.69, 9.17) is 11.6 Å². The van der Waals surface area contributed by atoms with Crippen molar-refractivity contribution in [1.29, 1.82) is 0 Å². The number of rotatable bonds is 3. The summed E-state index contributed by atoms with van der Waals surface area (Å²) in [5.74, 6) is 0. The maximum absolute atomic E-state index is 5.91. The van der Waals surface area contributed by atoms with E-state index >= 15 is 0 Å². The van der Waals surface area contributed by atoms with Crippen LogP contribution in [0.5, 0.6) is 0 Å². The Morgan fingerprint density at radius 1 is 1.18 bits per heavy atom. The molecule has 0 aliphatic rings. The Labute approximate surface area is 107 Å². The van der Waals surface area contributed by atoms with Crippen molar-refractivity contribution in [2.45, 2.75) is 20.4 Å². The number of nitrogens with one attached hydrogen (secondary N) is 1. The molecule has 1 heterocycles. The molecule has 0 aliphatic carbocycles. The molecule has 2 rings (SSSR count). The number of nitrogens with zero attached hydrogens (tertiary/aromatic N) is 1. The standard InChI is InChI=1S/C14H15ClN2/c1-10-7-13(15)5-6-14(10)17-9-12-4-3-11(2)16-8-12/h3-8,17H,9H2,1-2H3. The fourth-order valence-corrected chi connectivity index (χ4v) is 1.85. The second kappa shape index (κ2) is 5.19. The van der Waals surface area contributed by atoms with E-state index in [1.165, 1.54) is 5.56 Å². The van der Waals surface area contributed by atoms with Crippen LogP contribution in [0.4, 0.5) is 5.69 Å². The second-order valence-corrected chi connectivity index (χ2v) is 4.56. The smallest absolute Gasteiger partial charge is 0.0416 e. The topological polar surface area (TPSA) is 24.9 Å². The first-order valence-corrected chi connectivity index (χ1v) is 5.94. The van der Waals surface area contributed by atoms with Crippen LogP contribution in [0.15, 0.2) is 36.5 Å². The molecular weight excluding hydrogens is 232 g/mol. The van der Waals surface area contributed by atoms with Crippen molar-refractivity contribution in [1.82, 2.24) is 4.98 Å². The molecule has 2 nitrogen and oxygen atoms in total. The molecule has 17 heavy (non-hydrogen) atoms. The van der Waals surface area contributed by atoms with Crippen molar-refractivity contribution >= 4 is 17.3 Å². The van der Waals surface area contributed by atoms with Gasteiger partial charge in [0.2, 0.25) is 0 Å². The van der Waals surface area contributed by atoms with Gasteiger partial charge in [0, 0.05) is 29.1 Å². The highest BCUT2D eigenvalue weighted by atomic mass is 35.5. The van der Waals surface area contributed by atoms with E-state index in [1.807, 2.05) is 44.3 Å². The quantitative estimate of drug-likeness (QED) is 0.887. The van der Waals surface area contributed by atoms with Crippen LogP contribution in [0, 0.1) is 13.8 Å². The molecule has 1 aromatic heterocycles. The van der Waals surface area contributed by atoms with Crippen molar-refractivity contribution in [3.8, 4) is 0 Å². The molecule has 0 saturated heterocycles. The molecule has 1 N–H and O–H groups in total. The molecule has 0 amide bonds. The summed E-state index contributed by atoms with van der Waals surface area (Å²) in [6, 6.07) is 9.95. The number of benzene rings is 1. The third-order valence-corrected chi connectivity index (χ3v) is 2.88. The maximum Gasteiger partial charge on any atom is 0.0416 e. The molecule has 0 unspecified atom stereocenters. The number of aromatic nitrogens is 1. The van der Waals surface area contributed by atoms with Gasteiger partial charge in [-0.15, -0.1) is 0 Å². The largest absolute Gasteiger partial charge is 0.381 e. The molecule has 3 heteroatoms. The van der Waals surface area contributed by atoms with Gasteiger partial charge in [-0.2, -0.15) is 0 Å². The van der Waals surface area contributed by atoms with E-state index in [2.05, 4.69) is 16.4 Å². The summed E-state index contributed by atoms with van der Waals surface area (Å²) in [5.41, 5.74) is 4.47. The van der Waals surface area contributed by atoms with Crippen LogP contribution >= 0.6 is 11.6 Å². The highest BCUT2D eigenvalue weighted by Crippen LogP contribution is 2.20. The van der Waals surface area contributed by atoms with Gasteiger partial charge >= 0.3 is 0 Å². The lowest BCUT2D eigenvalue weighted by Gasteiger charge is -2.09. The van der Waals surface area contributed by atoms with Crippen LogP contribution in [0.25, 0.3) is 0 Å². The summed E-state index contributed by atoms with van der Waals surface area (Å²) < 4.78 is 0. The fraction of sp³-hybridized carbons (Fsp3) is 0.214. The molecule has 0 radical (unpaired) electrons. The summed E-state index contributed by atoms with van der Waals surface area (Å²) in [6.07, 6.45) is 1.90. The van der Waals surface area contributed by atoms with Gasteiger partial charge in [0.25, 0.3) is 0 Å². The van der Waals surface area contributed by atoms with Crippen LogP contribution in [0.1, 0.15) is 16.8 Å². The Hall–Kier alpha value is -1.54. The molecule has 0 saturated carbocycles. The van der Waals surface area contributed by atoms with E-state index in [0.29, 0.717) is 0 Å². The van der Waals surface area contributed by atoms with E-state index < -0.39 is 0 Å². The minimum Gasteiger partial charge on any atom is -0.381 e. The van der Waals surface area contributed by atoms with Gasteiger partial charge in [0.05, 0.1) is 0 Å². The summed E-state index contributed by atoms with van der Waals surface area (Å²) >= 11 is 5.91. The van der Waals surface area contributed by atoms with E-state index in [9.17, 15) is 0 Å². The number of halogens is 1. The molecule has 0 atom stereocenters. The summed E-state index contributed by atoms with van der Waals surface area (Å²) in [7, 11) is 0. The van der Waals surface area contributed by atoms with Gasteiger partial charge in [-0.3, -0.25) is 4.98 Å². The number of anilines is 1. The van der Waals surface area contributed by atoms with E-state index in [0.717, 1.165) is 28.5 Å². The first-order valence-electron chi connectivity index (χ1n) is 5.57. The van der Waals surface area contributed by atoms with Gasteiger partial charge in [0.15, 0.2) is 0 Å². The molecule has 0 bridgehead atoms. The Morgan fingerprint density at radius 3 is 2.65 bits per heavy atom. The highest BCUT2D eigenvalue weighted by molar-refractivity contribution is 6.30. The second-order valence-electron chi connectivity index (χ2n) is 4.12.